The highest BCUT2D eigenvalue weighted by Gasteiger charge is 2.18. The fourth-order valence-corrected chi connectivity index (χ4v) is 5.09. The van der Waals surface area contributed by atoms with E-state index < -0.39 is 0 Å². The van der Waals surface area contributed by atoms with E-state index in [0.717, 1.165) is 11.3 Å². The van der Waals surface area contributed by atoms with Crippen LogP contribution in [0.4, 0.5) is 0 Å². The molecule has 4 aromatic rings. The molecule has 0 radical (unpaired) electrons. The van der Waals surface area contributed by atoms with Gasteiger partial charge in [0.2, 0.25) is 0 Å². The first-order valence-electron chi connectivity index (χ1n) is 5.90. The number of hydrogen-bond donors (Lipinski definition) is 1. The predicted molar refractivity (Wildman–Crippen MR) is 85.3 cm³/mol. The number of nitrogens with zero attached hydrogens (tertiary/aromatic N) is 1. The minimum Gasteiger partial charge on any atom is -0.341 e. The number of aromatic nitrogens is 2. The quantitative estimate of drug-likeness (QED) is 0.528. The Hall–Kier alpha value is -1.43. The maximum atomic E-state index is 4.67. The Labute approximate surface area is 122 Å². The molecule has 0 aliphatic rings. The summed E-state index contributed by atoms with van der Waals surface area (Å²) in [5.74, 6) is 0.980. The highest BCUT2D eigenvalue weighted by atomic mass is 32.1. The third-order valence-corrected chi connectivity index (χ3v) is 6.24. The first-order valence-corrected chi connectivity index (χ1v) is 8.47. The van der Waals surface area contributed by atoms with Crippen LogP contribution in [-0.4, -0.2) is 9.97 Å². The van der Waals surface area contributed by atoms with Gasteiger partial charge in [-0.15, -0.1) is 34.0 Å². The van der Waals surface area contributed by atoms with Crippen molar-refractivity contribution in [1.29, 1.82) is 0 Å². The van der Waals surface area contributed by atoms with Gasteiger partial charge in [-0.3, -0.25) is 0 Å². The van der Waals surface area contributed by atoms with Crippen molar-refractivity contribution in [3.05, 3.63) is 40.8 Å². The normalized spacial score (nSPS) is 11.4. The number of hydrogen-bond acceptors (Lipinski definition) is 4. The van der Waals surface area contributed by atoms with E-state index >= 15 is 0 Å². The van der Waals surface area contributed by atoms with Crippen LogP contribution in [0.1, 0.15) is 5.82 Å². The van der Waals surface area contributed by atoms with Crippen LogP contribution in [0.3, 0.4) is 0 Å². The summed E-state index contributed by atoms with van der Waals surface area (Å²) in [5, 5.41) is 4.24. The van der Waals surface area contributed by atoms with Crippen molar-refractivity contribution in [1.82, 2.24) is 9.97 Å². The molecule has 4 rings (SSSR count). The molecule has 5 heteroatoms. The summed E-state index contributed by atoms with van der Waals surface area (Å²) in [6, 6.07) is 8.53. The molecule has 0 amide bonds. The zero-order valence-electron chi connectivity index (χ0n) is 10.1. The van der Waals surface area contributed by atoms with E-state index in [-0.39, 0.29) is 0 Å². The lowest BCUT2D eigenvalue weighted by Gasteiger charge is -1.92. The molecule has 0 aliphatic heterocycles. The molecule has 0 atom stereocenters. The highest BCUT2D eigenvalue weighted by Crippen LogP contribution is 2.45. The van der Waals surface area contributed by atoms with Crippen LogP contribution in [0.2, 0.25) is 0 Å². The second kappa shape index (κ2) is 4.30. The van der Waals surface area contributed by atoms with Gasteiger partial charge in [0.25, 0.3) is 0 Å². The molecule has 4 heterocycles. The number of rotatable bonds is 2. The smallest absolute Gasteiger partial charge is 0.109 e. The molecule has 94 valence electrons. The first-order chi connectivity index (χ1) is 9.33. The molecule has 0 saturated carbocycles. The summed E-state index contributed by atoms with van der Waals surface area (Å²) in [4.78, 5) is 13.3. The molecular weight excluding hydrogens is 292 g/mol. The molecule has 0 saturated heterocycles. The molecule has 2 nitrogen and oxygen atoms in total. The minimum absolute atomic E-state index is 0.980. The van der Waals surface area contributed by atoms with E-state index in [2.05, 4.69) is 45.0 Å². The molecule has 4 aromatic heterocycles. The molecule has 19 heavy (non-hydrogen) atoms. The van der Waals surface area contributed by atoms with Crippen LogP contribution in [-0.2, 0) is 0 Å². The molecule has 0 aromatic carbocycles. The van der Waals surface area contributed by atoms with Crippen LogP contribution in [0.5, 0.6) is 0 Å². The maximum absolute atomic E-state index is 4.67. The lowest BCUT2D eigenvalue weighted by Crippen LogP contribution is -1.72. The summed E-state index contributed by atoms with van der Waals surface area (Å²) in [5.41, 5.74) is 2.28. The van der Waals surface area contributed by atoms with Gasteiger partial charge in [0, 0.05) is 9.75 Å². The maximum Gasteiger partial charge on any atom is 0.109 e. The number of aromatic amines is 1. The van der Waals surface area contributed by atoms with E-state index in [1.807, 2.05) is 18.3 Å². The predicted octanol–water partition coefficient (Wildman–Crippen LogP) is 5.39. The Kier molecular flexibility index (Phi) is 2.58. The second-order valence-corrected chi connectivity index (χ2v) is 7.18. The largest absolute Gasteiger partial charge is 0.341 e. The van der Waals surface area contributed by atoms with E-state index in [1.54, 1.807) is 22.7 Å². The van der Waals surface area contributed by atoms with E-state index in [1.165, 1.54) is 25.0 Å². The van der Waals surface area contributed by atoms with Gasteiger partial charge in [-0.05, 0) is 29.8 Å². The van der Waals surface area contributed by atoms with Gasteiger partial charge in [-0.2, -0.15) is 0 Å². The summed E-state index contributed by atoms with van der Waals surface area (Å²) < 4.78 is 0. The van der Waals surface area contributed by atoms with Crippen molar-refractivity contribution in [2.45, 2.75) is 6.92 Å². The van der Waals surface area contributed by atoms with Gasteiger partial charge in [0.05, 0.1) is 15.3 Å². The number of fused-ring (bicyclic) bond motifs is 1. The Bertz CT molecular complexity index is 753. The van der Waals surface area contributed by atoms with Gasteiger partial charge in [-0.1, -0.05) is 12.1 Å². The summed E-state index contributed by atoms with van der Waals surface area (Å²) in [6.45, 7) is 2.01. The zero-order chi connectivity index (χ0) is 12.8. The van der Waals surface area contributed by atoms with E-state index in [4.69, 9.17) is 0 Å². The van der Waals surface area contributed by atoms with Crippen LogP contribution < -0.4 is 0 Å². The molecule has 1 N–H and O–H groups in total. The van der Waals surface area contributed by atoms with Gasteiger partial charge in [-0.25, -0.2) is 4.98 Å². The number of thiophene rings is 3. The molecule has 0 fully saturated rings. The van der Waals surface area contributed by atoms with Crippen molar-refractivity contribution in [2.75, 3.05) is 0 Å². The fourth-order valence-electron chi connectivity index (χ4n) is 2.18. The standard InChI is InChI=1S/C14H10N2S3/c1-8-15-11-12(16-8)14(10-5-3-7-18-10)19-13(11)9-4-2-6-17-9/h2-7H,1H3,(H,15,16). The van der Waals surface area contributed by atoms with Crippen molar-refractivity contribution in [2.24, 2.45) is 0 Å². The zero-order valence-corrected chi connectivity index (χ0v) is 12.6. The number of aryl methyl sites for hydroxylation is 1. The number of H-pyrrole nitrogens is 1. The van der Waals surface area contributed by atoms with Gasteiger partial charge in [0.1, 0.15) is 11.3 Å². The van der Waals surface area contributed by atoms with Crippen LogP contribution in [0, 0.1) is 6.92 Å². The van der Waals surface area contributed by atoms with Crippen molar-refractivity contribution in [3.8, 4) is 19.5 Å². The van der Waals surface area contributed by atoms with E-state index in [9.17, 15) is 0 Å². The van der Waals surface area contributed by atoms with Crippen LogP contribution >= 0.6 is 34.0 Å². The Morgan fingerprint density at radius 3 is 2.32 bits per heavy atom. The minimum atomic E-state index is 0.980. The van der Waals surface area contributed by atoms with Crippen LogP contribution in [0.25, 0.3) is 30.5 Å². The third-order valence-electron chi connectivity index (χ3n) is 2.96. The molecule has 0 bridgehead atoms. The van der Waals surface area contributed by atoms with Crippen LogP contribution in [0.15, 0.2) is 35.0 Å². The van der Waals surface area contributed by atoms with Crippen molar-refractivity contribution >= 4 is 45.0 Å². The first kappa shape index (κ1) is 11.4. The summed E-state index contributed by atoms with van der Waals surface area (Å²) in [6.07, 6.45) is 0. The Morgan fingerprint density at radius 1 is 1.00 bits per heavy atom. The lowest BCUT2D eigenvalue weighted by atomic mass is 10.3. The molecule has 0 aliphatic carbocycles. The molecule has 0 unspecified atom stereocenters. The van der Waals surface area contributed by atoms with Gasteiger partial charge < -0.3 is 4.98 Å². The topological polar surface area (TPSA) is 28.7 Å². The summed E-state index contributed by atoms with van der Waals surface area (Å²) in [7, 11) is 0. The van der Waals surface area contributed by atoms with Gasteiger partial charge in [0.15, 0.2) is 0 Å². The Balaban J connectivity index is 2.05. The average Bonchev–Trinajstić information content (AvgIpc) is 3.12. The van der Waals surface area contributed by atoms with Crippen molar-refractivity contribution < 1.29 is 0 Å². The van der Waals surface area contributed by atoms with Crippen molar-refractivity contribution in [3.63, 3.8) is 0 Å². The third kappa shape index (κ3) is 1.77. The van der Waals surface area contributed by atoms with Gasteiger partial charge >= 0.3 is 0 Å². The summed E-state index contributed by atoms with van der Waals surface area (Å²) >= 11 is 5.38. The molecule has 0 spiro atoms. The number of nitrogens with one attached hydrogen (secondary N) is 1. The SMILES string of the molecule is Cc1nc2c(-c3cccs3)sc(-c3cccs3)c2[nH]1. The Morgan fingerprint density at radius 2 is 1.68 bits per heavy atom. The second-order valence-electron chi connectivity index (χ2n) is 4.26. The number of imidazole rings is 1. The average molecular weight is 302 g/mol. The van der Waals surface area contributed by atoms with E-state index in [0.29, 0.717) is 0 Å². The molecular formula is C14H10N2S3. The highest BCUT2D eigenvalue weighted by molar-refractivity contribution is 7.27. The lowest BCUT2D eigenvalue weighted by molar-refractivity contribution is 1.17. The monoisotopic (exact) mass is 302 g/mol. The fraction of sp³-hybridized carbons (Fsp3) is 0.0714.